The molecule has 5 N–H and O–H groups in total. The molecule has 0 radical (unpaired) electrons. The van der Waals surface area contributed by atoms with Crippen LogP contribution in [0.5, 0.6) is 11.5 Å². The first-order valence-electron chi connectivity index (χ1n) is 8.13. The van der Waals surface area contributed by atoms with E-state index in [2.05, 4.69) is 22.2 Å². The number of benzene rings is 2. The van der Waals surface area contributed by atoms with E-state index in [0.29, 0.717) is 12.2 Å². The molecule has 0 amide bonds. The average molecular weight is 335 g/mol. The third-order valence-corrected chi connectivity index (χ3v) is 3.73. The van der Waals surface area contributed by atoms with Crippen molar-refractivity contribution >= 4 is 22.9 Å². The summed E-state index contributed by atoms with van der Waals surface area (Å²) < 4.78 is 5.90. The van der Waals surface area contributed by atoms with Gasteiger partial charge in [-0.25, -0.2) is 4.98 Å². The largest absolute Gasteiger partial charge is 0.457 e. The smallest absolute Gasteiger partial charge is 0.129 e. The standard InChI is InChI=1S/C19H21N5O/c1-2-22-12-19-23-17-8-7-15(11-18(17)24-19)25-14-5-3-13(4-6-14)16(21)9-10-20/h3-11,20,22H,2,12,21H2,1H3,(H,23,24)/b16-9-,20-10?. The van der Waals surface area contributed by atoms with Crippen LogP contribution in [0, 0.1) is 5.41 Å². The van der Waals surface area contributed by atoms with Crippen LogP contribution >= 0.6 is 0 Å². The fourth-order valence-corrected chi connectivity index (χ4v) is 2.47. The number of nitrogens with one attached hydrogen (secondary N) is 3. The summed E-state index contributed by atoms with van der Waals surface area (Å²) in [6.07, 6.45) is 2.72. The second kappa shape index (κ2) is 7.63. The third kappa shape index (κ3) is 4.05. The van der Waals surface area contributed by atoms with Gasteiger partial charge >= 0.3 is 0 Å². The van der Waals surface area contributed by atoms with Crippen LogP contribution in [0.4, 0.5) is 0 Å². The Labute approximate surface area is 146 Å². The highest BCUT2D eigenvalue weighted by Gasteiger charge is 2.05. The van der Waals surface area contributed by atoms with Gasteiger partial charge in [0.15, 0.2) is 0 Å². The molecule has 0 spiro atoms. The van der Waals surface area contributed by atoms with E-state index in [9.17, 15) is 0 Å². The second-order valence-electron chi connectivity index (χ2n) is 5.56. The van der Waals surface area contributed by atoms with Crippen LogP contribution in [0.15, 0.2) is 48.5 Å². The van der Waals surface area contributed by atoms with Crippen molar-refractivity contribution in [3.63, 3.8) is 0 Å². The van der Waals surface area contributed by atoms with Crippen molar-refractivity contribution < 1.29 is 4.74 Å². The number of aromatic nitrogens is 2. The fourth-order valence-electron chi connectivity index (χ4n) is 2.47. The molecule has 3 aromatic rings. The molecule has 0 saturated carbocycles. The van der Waals surface area contributed by atoms with Gasteiger partial charge in [0.05, 0.1) is 17.6 Å². The Kier molecular flexibility index (Phi) is 5.11. The van der Waals surface area contributed by atoms with Crippen LogP contribution in [-0.2, 0) is 6.54 Å². The van der Waals surface area contributed by atoms with E-state index < -0.39 is 0 Å². The summed E-state index contributed by atoms with van der Waals surface area (Å²) in [4.78, 5) is 7.83. The molecule has 3 rings (SSSR count). The number of nitrogens with two attached hydrogens (primary N) is 1. The van der Waals surface area contributed by atoms with Crippen molar-refractivity contribution in [2.24, 2.45) is 5.73 Å². The Bertz CT molecular complexity index is 896. The maximum atomic E-state index is 7.06. The lowest BCUT2D eigenvalue weighted by Crippen LogP contribution is -2.12. The number of hydrogen-bond acceptors (Lipinski definition) is 5. The topological polar surface area (TPSA) is 99.8 Å². The van der Waals surface area contributed by atoms with E-state index in [4.69, 9.17) is 15.9 Å². The van der Waals surface area contributed by atoms with Crippen LogP contribution in [0.1, 0.15) is 18.3 Å². The van der Waals surface area contributed by atoms with Gasteiger partial charge in [-0.1, -0.05) is 6.92 Å². The number of rotatable bonds is 7. The molecular formula is C19H21N5O. The Balaban J connectivity index is 1.76. The number of ether oxygens (including phenoxy) is 1. The minimum atomic E-state index is 0.550. The van der Waals surface area contributed by atoms with E-state index in [1.54, 1.807) is 6.08 Å². The predicted molar refractivity (Wildman–Crippen MR) is 101 cm³/mol. The zero-order chi connectivity index (χ0) is 17.6. The number of nitrogens with zero attached hydrogens (tertiary/aromatic N) is 1. The van der Waals surface area contributed by atoms with Crippen molar-refractivity contribution in [1.82, 2.24) is 15.3 Å². The molecule has 0 bridgehead atoms. The van der Waals surface area contributed by atoms with Crippen molar-refractivity contribution in [1.29, 1.82) is 5.41 Å². The number of allylic oxidation sites excluding steroid dienone is 1. The maximum absolute atomic E-state index is 7.06. The highest BCUT2D eigenvalue weighted by atomic mass is 16.5. The minimum absolute atomic E-state index is 0.550. The third-order valence-electron chi connectivity index (χ3n) is 3.73. The van der Waals surface area contributed by atoms with Gasteiger partial charge in [0, 0.05) is 18.0 Å². The van der Waals surface area contributed by atoms with Crippen LogP contribution in [-0.4, -0.2) is 22.7 Å². The zero-order valence-corrected chi connectivity index (χ0v) is 14.0. The normalized spacial score (nSPS) is 11.6. The Morgan fingerprint density at radius 1 is 1.24 bits per heavy atom. The molecule has 0 atom stereocenters. The monoisotopic (exact) mass is 335 g/mol. The minimum Gasteiger partial charge on any atom is -0.457 e. The van der Waals surface area contributed by atoms with Crippen LogP contribution in [0.25, 0.3) is 16.7 Å². The van der Waals surface area contributed by atoms with Gasteiger partial charge in [0.1, 0.15) is 17.3 Å². The Morgan fingerprint density at radius 2 is 2.00 bits per heavy atom. The summed E-state index contributed by atoms with van der Waals surface area (Å²) in [6.45, 7) is 3.68. The molecule has 0 unspecified atom stereocenters. The fraction of sp³-hybridized carbons (Fsp3) is 0.158. The highest BCUT2D eigenvalue weighted by molar-refractivity contribution is 5.81. The summed E-state index contributed by atoms with van der Waals surface area (Å²) in [7, 11) is 0. The molecule has 0 aliphatic rings. The van der Waals surface area contributed by atoms with E-state index in [1.165, 1.54) is 6.21 Å². The molecule has 0 aliphatic carbocycles. The van der Waals surface area contributed by atoms with Crippen LogP contribution in [0.3, 0.4) is 0 Å². The van der Waals surface area contributed by atoms with E-state index in [0.717, 1.165) is 40.5 Å². The molecule has 6 nitrogen and oxygen atoms in total. The average Bonchev–Trinajstić information content (AvgIpc) is 3.03. The molecule has 0 fully saturated rings. The lowest BCUT2D eigenvalue weighted by molar-refractivity contribution is 0.483. The first kappa shape index (κ1) is 16.7. The molecular weight excluding hydrogens is 314 g/mol. The van der Waals surface area contributed by atoms with Crippen LogP contribution < -0.4 is 15.8 Å². The summed E-state index contributed by atoms with van der Waals surface area (Å²) in [5.74, 6) is 2.37. The lowest BCUT2D eigenvalue weighted by Gasteiger charge is -2.07. The number of imidazole rings is 1. The Hall–Kier alpha value is -3.12. The van der Waals surface area contributed by atoms with Gasteiger partial charge < -0.3 is 26.2 Å². The maximum Gasteiger partial charge on any atom is 0.129 e. The molecule has 1 aromatic heterocycles. The van der Waals surface area contributed by atoms with Crippen molar-refractivity contribution in [2.75, 3.05) is 6.54 Å². The number of H-pyrrole nitrogens is 1. The summed E-state index contributed by atoms with van der Waals surface area (Å²) in [6, 6.07) is 13.2. The number of fused-ring (bicyclic) bond motifs is 1. The first-order chi connectivity index (χ1) is 12.2. The van der Waals surface area contributed by atoms with E-state index >= 15 is 0 Å². The lowest BCUT2D eigenvalue weighted by atomic mass is 10.1. The molecule has 1 heterocycles. The van der Waals surface area contributed by atoms with Crippen molar-refractivity contribution in [3.05, 3.63) is 59.9 Å². The van der Waals surface area contributed by atoms with Crippen LogP contribution in [0.2, 0.25) is 0 Å². The summed E-state index contributed by atoms with van der Waals surface area (Å²) >= 11 is 0. The van der Waals surface area contributed by atoms with Gasteiger partial charge in [-0.2, -0.15) is 0 Å². The molecule has 6 heteroatoms. The van der Waals surface area contributed by atoms with Gasteiger partial charge in [-0.05, 0) is 54.6 Å². The van der Waals surface area contributed by atoms with E-state index in [1.807, 2.05) is 42.5 Å². The van der Waals surface area contributed by atoms with E-state index in [-0.39, 0.29) is 0 Å². The highest BCUT2D eigenvalue weighted by Crippen LogP contribution is 2.25. The SMILES string of the molecule is CCNCc1nc2ccc(Oc3ccc(/C(N)=C/C=N)cc3)cc2[nH]1. The first-order valence-corrected chi connectivity index (χ1v) is 8.13. The zero-order valence-electron chi connectivity index (χ0n) is 14.0. The summed E-state index contributed by atoms with van der Waals surface area (Å²) in [5.41, 5.74) is 9.13. The molecule has 0 saturated heterocycles. The van der Waals surface area contributed by atoms with Crippen molar-refractivity contribution in [3.8, 4) is 11.5 Å². The van der Waals surface area contributed by atoms with Gasteiger partial charge in [-0.15, -0.1) is 0 Å². The van der Waals surface area contributed by atoms with Gasteiger partial charge in [0.2, 0.25) is 0 Å². The number of hydrogen-bond donors (Lipinski definition) is 4. The molecule has 25 heavy (non-hydrogen) atoms. The molecule has 2 aromatic carbocycles. The Morgan fingerprint density at radius 3 is 2.72 bits per heavy atom. The molecule has 0 aliphatic heterocycles. The van der Waals surface area contributed by atoms with Gasteiger partial charge in [-0.3, -0.25) is 0 Å². The summed E-state index contributed by atoms with van der Waals surface area (Å²) in [5, 5.41) is 10.3. The second-order valence-corrected chi connectivity index (χ2v) is 5.56. The quantitative estimate of drug-likeness (QED) is 0.497. The van der Waals surface area contributed by atoms with Crippen molar-refractivity contribution in [2.45, 2.75) is 13.5 Å². The number of aromatic amines is 1. The predicted octanol–water partition coefficient (Wildman–Crippen LogP) is 3.41. The van der Waals surface area contributed by atoms with Gasteiger partial charge in [0.25, 0.3) is 0 Å². The molecule has 128 valence electrons.